The Morgan fingerprint density at radius 1 is 1.15 bits per heavy atom. The van der Waals surface area contributed by atoms with Crippen molar-refractivity contribution in [2.24, 2.45) is 0 Å². The number of halogens is 1. The number of nitrogens with zero attached hydrogens (tertiary/aromatic N) is 1. The molecule has 0 saturated carbocycles. The number of hydrogen-bond acceptors (Lipinski definition) is 4. The average Bonchev–Trinajstić information content (AvgIpc) is 3.02. The Morgan fingerprint density at radius 2 is 1.89 bits per heavy atom. The zero-order valence-corrected chi connectivity index (χ0v) is 15.0. The Bertz CT molecular complexity index is 841. The van der Waals surface area contributed by atoms with Crippen LogP contribution >= 0.6 is 0 Å². The fourth-order valence-electron chi connectivity index (χ4n) is 2.93. The summed E-state index contributed by atoms with van der Waals surface area (Å²) in [7, 11) is 3.03. The Kier molecular flexibility index (Phi) is 5.44. The second kappa shape index (κ2) is 7.94. The number of benzene rings is 2. The zero-order chi connectivity index (χ0) is 19.4. The highest BCUT2D eigenvalue weighted by Crippen LogP contribution is 2.29. The summed E-state index contributed by atoms with van der Waals surface area (Å²) in [6.45, 7) is 0.313. The third-order valence-electron chi connectivity index (χ3n) is 4.25. The van der Waals surface area contributed by atoms with Gasteiger partial charge in [0.1, 0.15) is 17.3 Å². The second-order valence-corrected chi connectivity index (χ2v) is 6.05. The smallest absolute Gasteiger partial charge is 0.319 e. The zero-order valence-electron chi connectivity index (χ0n) is 15.0. The van der Waals surface area contributed by atoms with Crippen molar-refractivity contribution in [3.8, 4) is 11.5 Å². The van der Waals surface area contributed by atoms with E-state index in [1.165, 1.54) is 43.4 Å². The molecule has 1 aliphatic rings. The van der Waals surface area contributed by atoms with E-state index in [-0.39, 0.29) is 24.2 Å². The molecule has 3 amide bonds. The molecular weight excluding hydrogens is 353 g/mol. The lowest BCUT2D eigenvalue weighted by molar-refractivity contribution is -0.117. The highest BCUT2D eigenvalue weighted by molar-refractivity contribution is 5.98. The summed E-state index contributed by atoms with van der Waals surface area (Å²) < 4.78 is 23.4. The summed E-state index contributed by atoms with van der Waals surface area (Å²) in [5.74, 6) is 0.559. The van der Waals surface area contributed by atoms with Crippen LogP contribution < -0.4 is 25.0 Å². The van der Waals surface area contributed by atoms with Gasteiger partial charge in [-0.2, -0.15) is 0 Å². The van der Waals surface area contributed by atoms with E-state index in [0.717, 1.165) is 0 Å². The average molecular weight is 373 g/mol. The van der Waals surface area contributed by atoms with Crippen molar-refractivity contribution in [3.63, 3.8) is 0 Å². The monoisotopic (exact) mass is 373 g/mol. The third-order valence-corrected chi connectivity index (χ3v) is 4.25. The Hall–Kier alpha value is -3.29. The fraction of sp³-hybridized carbons (Fsp3) is 0.263. The van der Waals surface area contributed by atoms with E-state index < -0.39 is 6.03 Å². The van der Waals surface area contributed by atoms with Crippen molar-refractivity contribution in [1.82, 2.24) is 5.32 Å². The number of urea groups is 1. The number of anilines is 2. The topological polar surface area (TPSA) is 79.9 Å². The summed E-state index contributed by atoms with van der Waals surface area (Å²) in [5.41, 5.74) is 1.05. The molecule has 0 aromatic heterocycles. The molecule has 0 spiro atoms. The molecule has 2 aromatic rings. The summed E-state index contributed by atoms with van der Waals surface area (Å²) in [5, 5.41) is 5.48. The van der Waals surface area contributed by atoms with E-state index in [9.17, 15) is 14.0 Å². The Labute approximate surface area is 156 Å². The molecule has 2 aromatic carbocycles. The lowest BCUT2D eigenvalue weighted by atomic mass is 10.2. The summed E-state index contributed by atoms with van der Waals surface area (Å²) in [6.07, 6.45) is 0.167. The van der Waals surface area contributed by atoms with Gasteiger partial charge in [0.05, 0.1) is 25.9 Å². The first kappa shape index (κ1) is 18.5. The van der Waals surface area contributed by atoms with Gasteiger partial charge in [0.25, 0.3) is 0 Å². The highest BCUT2D eigenvalue weighted by Gasteiger charge is 2.31. The largest absolute Gasteiger partial charge is 0.497 e. The van der Waals surface area contributed by atoms with Gasteiger partial charge < -0.3 is 25.0 Å². The molecule has 1 unspecified atom stereocenters. The maximum atomic E-state index is 13.1. The summed E-state index contributed by atoms with van der Waals surface area (Å²) in [6, 6.07) is 9.90. The van der Waals surface area contributed by atoms with Crippen LogP contribution in [0.5, 0.6) is 11.5 Å². The summed E-state index contributed by atoms with van der Waals surface area (Å²) >= 11 is 0. The SMILES string of the molecule is COc1ccc(OC)c(NC(=O)NC2CC(=O)N(c3ccc(F)cc3)C2)c1. The van der Waals surface area contributed by atoms with Gasteiger partial charge in [-0.25, -0.2) is 9.18 Å². The minimum absolute atomic E-state index is 0.133. The molecule has 142 valence electrons. The molecule has 3 rings (SSSR count). The lowest BCUT2D eigenvalue weighted by Crippen LogP contribution is -2.39. The van der Waals surface area contributed by atoms with Crippen LogP contribution in [0, 0.1) is 5.82 Å². The minimum Gasteiger partial charge on any atom is -0.497 e. The maximum Gasteiger partial charge on any atom is 0.319 e. The minimum atomic E-state index is -0.458. The Morgan fingerprint density at radius 3 is 2.56 bits per heavy atom. The molecule has 2 N–H and O–H groups in total. The number of rotatable bonds is 5. The first-order chi connectivity index (χ1) is 13.0. The number of carbonyl (C=O) groups is 2. The quantitative estimate of drug-likeness (QED) is 0.845. The number of methoxy groups -OCH3 is 2. The van der Waals surface area contributed by atoms with Crippen molar-refractivity contribution < 1.29 is 23.5 Å². The van der Waals surface area contributed by atoms with Crippen LogP contribution in [0.15, 0.2) is 42.5 Å². The molecule has 1 saturated heterocycles. The van der Waals surface area contributed by atoms with Crippen LogP contribution in [-0.2, 0) is 4.79 Å². The van der Waals surface area contributed by atoms with Gasteiger partial charge in [0.2, 0.25) is 5.91 Å². The maximum absolute atomic E-state index is 13.1. The van der Waals surface area contributed by atoms with Crippen molar-refractivity contribution in [1.29, 1.82) is 0 Å². The summed E-state index contributed by atoms with van der Waals surface area (Å²) in [4.78, 5) is 26.1. The van der Waals surface area contributed by atoms with Crippen LogP contribution in [0.25, 0.3) is 0 Å². The first-order valence-electron chi connectivity index (χ1n) is 8.35. The molecule has 1 fully saturated rings. The second-order valence-electron chi connectivity index (χ2n) is 6.05. The fourth-order valence-corrected chi connectivity index (χ4v) is 2.93. The van der Waals surface area contributed by atoms with Crippen molar-refractivity contribution in [2.45, 2.75) is 12.5 Å². The van der Waals surface area contributed by atoms with Gasteiger partial charge in [0, 0.05) is 24.7 Å². The van der Waals surface area contributed by atoms with Crippen LogP contribution in [0.1, 0.15) is 6.42 Å². The standard InChI is InChI=1S/C19H20FN3O4/c1-26-15-7-8-17(27-2)16(10-15)22-19(25)21-13-9-18(24)23(11-13)14-5-3-12(20)4-6-14/h3-8,10,13H,9,11H2,1-2H3,(H2,21,22,25). The number of hydrogen-bond donors (Lipinski definition) is 2. The number of amides is 3. The number of carbonyl (C=O) groups excluding carboxylic acids is 2. The van der Waals surface area contributed by atoms with Gasteiger partial charge in [-0.3, -0.25) is 4.79 Å². The van der Waals surface area contributed by atoms with E-state index in [2.05, 4.69) is 10.6 Å². The van der Waals surface area contributed by atoms with E-state index in [1.807, 2.05) is 0 Å². The third kappa shape index (κ3) is 4.28. The normalized spacial score (nSPS) is 16.2. The Balaban J connectivity index is 1.63. The van der Waals surface area contributed by atoms with Crippen LogP contribution in [-0.4, -0.2) is 38.7 Å². The molecule has 0 aliphatic carbocycles. The van der Waals surface area contributed by atoms with Crippen LogP contribution in [0.3, 0.4) is 0 Å². The molecular formula is C19H20FN3O4. The first-order valence-corrected chi connectivity index (χ1v) is 8.35. The van der Waals surface area contributed by atoms with E-state index in [1.54, 1.807) is 18.2 Å². The van der Waals surface area contributed by atoms with Gasteiger partial charge in [-0.15, -0.1) is 0 Å². The van der Waals surface area contributed by atoms with E-state index >= 15 is 0 Å². The predicted octanol–water partition coefficient (Wildman–Crippen LogP) is 2.77. The van der Waals surface area contributed by atoms with Crippen molar-refractivity contribution >= 4 is 23.3 Å². The van der Waals surface area contributed by atoms with Crippen molar-refractivity contribution in [3.05, 3.63) is 48.3 Å². The molecule has 0 bridgehead atoms. The molecule has 7 nitrogen and oxygen atoms in total. The van der Waals surface area contributed by atoms with Gasteiger partial charge in [-0.1, -0.05) is 0 Å². The lowest BCUT2D eigenvalue weighted by Gasteiger charge is -2.18. The van der Waals surface area contributed by atoms with Gasteiger partial charge in [0.15, 0.2) is 0 Å². The van der Waals surface area contributed by atoms with Gasteiger partial charge in [-0.05, 0) is 36.4 Å². The number of ether oxygens (including phenoxy) is 2. The van der Waals surface area contributed by atoms with E-state index in [0.29, 0.717) is 29.4 Å². The molecule has 27 heavy (non-hydrogen) atoms. The van der Waals surface area contributed by atoms with Crippen LogP contribution in [0.4, 0.5) is 20.6 Å². The predicted molar refractivity (Wildman–Crippen MR) is 98.9 cm³/mol. The van der Waals surface area contributed by atoms with Crippen LogP contribution in [0.2, 0.25) is 0 Å². The van der Waals surface area contributed by atoms with Crippen molar-refractivity contribution in [2.75, 3.05) is 31.0 Å². The molecule has 0 radical (unpaired) electrons. The molecule has 1 heterocycles. The molecule has 1 atom stereocenters. The van der Waals surface area contributed by atoms with E-state index in [4.69, 9.17) is 9.47 Å². The number of nitrogens with one attached hydrogen (secondary N) is 2. The molecule has 8 heteroatoms. The molecule has 1 aliphatic heterocycles. The highest BCUT2D eigenvalue weighted by atomic mass is 19.1. The van der Waals surface area contributed by atoms with Gasteiger partial charge >= 0.3 is 6.03 Å².